The molecule has 0 saturated carbocycles. The Morgan fingerprint density at radius 2 is 1.92 bits per heavy atom. The van der Waals surface area contributed by atoms with Gasteiger partial charge in [-0.1, -0.05) is 24.3 Å². The van der Waals surface area contributed by atoms with Crippen LogP contribution in [-0.2, 0) is 10.0 Å². The first-order valence-electron chi connectivity index (χ1n) is 12.4. The quantitative estimate of drug-likeness (QED) is 0.274. The molecule has 9 nitrogen and oxygen atoms in total. The highest BCUT2D eigenvalue weighted by Gasteiger charge is 2.18. The first kappa shape index (κ1) is 27.6. The summed E-state index contributed by atoms with van der Waals surface area (Å²) in [5.74, 6) is 1.57. The lowest BCUT2D eigenvalue weighted by Crippen LogP contribution is -2.38. The maximum Gasteiger partial charge on any atom is 0.232 e. The van der Waals surface area contributed by atoms with E-state index in [0.717, 1.165) is 47.8 Å². The Morgan fingerprint density at radius 3 is 2.71 bits per heavy atom. The molecule has 5 rings (SSSR count). The van der Waals surface area contributed by atoms with Gasteiger partial charge in [0.25, 0.3) is 0 Å². The molecule has 1 atom stereocenters. The third-order valence-electron chi connectivity index (χ3n) is 6.39. The van der Waals surface area contributed by atoms with E-state index in [4.69, 9.17) is 9.72 Å². The standard InChI is InChI=1S/C27H30N6O3S.ClH/c1-3-37(34,35)33-24-10-4-8-21-20(24)12-11-18(2)25(21)36-26-22(9-6-15-29-26)23-13-16-30-27(32-23)31-19-7-5-14-28-17-19;/h4,6,8-13,15-16,19,28,33H,3,5,7,14,17H2,1-2H3,(H,30,31,32);1H/t19-;/m0./s1. The van der Waals surface area contributed by atoms with Gasteiger partial charge in [0.05, 0.1) is 22.7 Å². The van der Waals surface area contributed by atoms with E-state index in [0.29, 0.717) is 29.0 Å². The molecule has 3 N–H and O–H groups in total. The number of nitrogens with one attached hydrogen (secondary N) is 3. The monoisotopic (exact) mass is 554 g/mol. The average molecular weight is 555 g/mol. The maximum atomic E-state index is 12.2. The number of piperidine rings is 1. The molecule has 11 heteroatoms. The van der Waals surface area contributed by atoms with Gasteiger partial charge in [0.1, 0.15) is 5.75 Å². The number of nitrogens with zero attached hydrogens (tertiary/aromatic N) is 3. The Hall–Kier alpha value is -3.47. The summed E-state index contributed by atoms with van der Waals surface area (Å²) in [5, 5.41) is 8.34. The van der Waals surface area contributed by atoms with Crippen molar-refractivity contribution in [2.24, 2.45) is 0 Å². The smallest absolute Gasteiger partial charge is 0.232 e. The molecule has 0 radical (unpaired) electrons. The fourth-order valence-corrected chi connectivity index (χ4v) is 5.06. The summed E-state index contributed by atoms with van der Waals surface area (Å²) in [6.45, 7) is 5.47. The van der Waals surface area contributed by atoms with Gasteiger partial charge in [-0.15, -0.1) is 12.4 Å². The lowest BCUT2D eigenvalue weighted by molar-refractivity contribution is 0.466. The van der Waals surface area contributed by atoms with Crippen molar-refractivity contribution in [3.63, 3.8) is 0 Å². The largest absolute Gasteiger partial charge is 0.437 e. The summed E-state index contributed by atoms with van der Waals surface area (Å²) in [6.07, 6.45) is 5.59. The van der Waals surface area contributed by atoms with Crippen molar-refractivity contribution in [3.05, 3.63) is 66.5 Å². The highest BCUT2D eigenvalue weighted by atomic mass is 35.5. The Balaban J connectivity index is 0.00000336. The predicted octanol–water partition coefficient (Wildman–Crippen LogP) is 5.14. The van der Waals surface area contributed by atoms with E-state index in [1.165, 1.54) is 0 Å². The van der Waals surface area contributed by atoms with Gasteiger partial charge in [0, 0.05) is 35.8 Å². The fourth-order valence-electron chi connectivity index (χ4n) is 4.40. The Kier molecular flexibility index (Phi) is 8.65. The molecule has 0 bridgehead atoms. The van der Waals surface area contributed by atoms with Gasteiger partial charge in [-0.2, -0.15) is 0 Å². The number of rotatable bonds is 8. The zero-order chi connectivity index (χ0) is 25.8. The molecule has 4 aromatic rings. The van der Waals surface area contributed by atoms with Crippen LogP contribution >= 0.6 is 12.4 Å². The van der Waals surface area contributed by atoms with Crippen LogP contribution in [0.1, 0.15) is 25.3 Å². The predicted molar refractivity (Wildman–Crippen MR) is 154 cm³/mol. The van der Waals surface area contributed by atoms with Crippen LogP contribution in [-0.4, -0.2) is 48.3 Å². The van der Waals surface area contributed by atoms with Crippen molar-refractivity contribution in [2.75, 3.05) is 28.9 Å². The molecule has 200 valence electrons. The number of sulfonamides is 1. The minimum Gasteiger partial charge on any atom is -0.437 e. The number of aryl methyl sites for hydroxylation is 1. The van der Waals surface area contributed by atoms with Gasteiger partial charge >= 0.3 is 0 Å². The van der Waals surface area contributed by atoms with E-state index in [2.05, 4.69) is 25.3 Å². The molecule has 1 aliphatic rings. The van der Waals surface area contributed by atoms with Crippen molar-refractivity contribution < 1.29 is 13.2 Å². The van der Waals surface area contributed by atoms with Crippen molar-refractivity contribution in [1.82, 2.24) is 20.3 Å². The number of aromatic nitrogens is 3. The molecule has 2 aromatic carbocycles. The van der Waals surface area contributed by atoms with Gasteiger partial charge in [0.2, 0.25) is 21.9 Å². The molecule has 0 unspecified atom stereocenters. The maximum absolute atomic E-state index is 12.2. The molecule has 38 heavy (non-hydrogen) atoms. The summed E-state index contributed by atoms with van der Waals surface area (Å²) in [6, 6.07) is 15.2. The van der Waals surface area contributed by atoms with Crippen molar-refractivity contribution >= 4 is 44.8 Å². The normalized spacial score (nSPS) is 15.5. The lowest BCUT2D eigenvalue weighted by atomic mass is 10.0. The summed E-state index contributed by atoms with van der Waals surface area (Å²) >= 11 is 0. The molecule has 0 amide bonds. The molecule has 0 aliphatic carbocycles. The Morgan fingerprint density at radius 1 is 1.05 bits per heavy atom. The number of ether oxygens (including phenoxy) is 1. The third-order valence-corrected chi connectivity index (χ3v) is 7.68. The van der Waals surface area contributed by atoms with Crippen LogP contribution in [0.3, 0.4) is 0 Å². The number of halogens is 1. The van der Waals surface area contributed by atoms with E-state index in [1.54, 1.807) is 25.4 Å². The zero-order valence-corrected chi connectivity index (χ0v) is 22.9. The number of pyridine rings is 1. The minimum atomic E-state index is -3.43. The topological polar surface area (TPSA) is 118 Å². The first-order valence-corrected chi connectivity index (χ1v) is 14.0. The highest BCUT2D eigenvalue weighted by molar-refractivity contribution is 7.92. The SMILES string of the molecule is CCS(=O)(=O)Nc1cccc2c(Oc3ncccc3-c3ccnc(N[C@H]4CCCNC4)n3)c(C)ccc12.Cl. The van der Waals surface area contributed by atoms with Gasteiger partial charge in [0.15, 0.2) is 0 Å². The molecule has 2 aromatic heterocycles. The van der Waals surface area contributed by atoms with Crippen LogP contribution in [0.5, 0.6) is 11.6 Å². The molecular weight excluding hydrogens is 524 g/mol. The Bertz CT molecular complexity index is 1530. The van der Waals surface area contributed by atoms with Crippen LogP contribution in [0.4, 0.5) is 11.6 Å². The number of benzene rings is 2. The number of anilines is 2. The average Bonchev–Trinajstić information content (AvgIpc) is 2.91. The number of hydrogen-bond acceptors (Lipinski definition) is 8. The van der Waals surface area contributed by atoms with E-state index in [9.17, 15) is 8.42 Å². The van der Waals surface area contributed by atoms with Gasteiger partial charge in [-0.3, -0.25) is 4.72 Å². The van der Waals surface area contributed by atoms with Crippen LogP contribution in [0, 0.1) is 6.92 Å². The first-order chi connectivity index (χ1) is 17.9. The molecule has 3 heterocycles. The van der Waals surface area contributed by atoms with Crippen LogP contribution in [0.2, 0.25) is 0 Å². The summed E-state index contributed by atoms with van der Waals surface area (Å²) < 4.78 is 33.6. The van der Waals surface area contributed by atoms with Crippen molar-refractivity contribution in [1.29, 1.82) is 0 Å². The van der Waals surface area contributed by atoms with Gasteiger partial charge in [-0.25, -0.2) is 23.4 Å². The molecule has 1 aliphatic heterocycles. The van der Waals surface area contributed by atoms with Crippen LogP contribution < -0.4 is 20.1 Å². The lowest BCUT2D eigenvalue weighted by Gasteiger charge is -2.23. The van der Waals surface area contributed by atoms with Crippen LogP contribution in [0.15, 0.2) is 60.9 Å². The van der Waals surface area contributed by atoms with Crippen molar-refractivity contribution in [3.8, 4) is 22.9 Å². The summed E-state index contributed by atoms with van der Waals surface area (Å²) in [5.41, 5.74) is 2.83. The highest BCUT2D eigenvalue weighted by Crippen LogP contribution is 2.38. The molecule has 1 fully saturated rings. The number of fused-ring (bicyclic) bond motifs is 1. The van der Waals surface area contributed by atoms with Crippen molar-refractivity contribution in [2.45, 2.75) is 32.7 Å². The van der Waals surface area contributed by atoms with E-state index >= 15 is 0 Å². The second-order valence-corrected chi connectivity index (χ2v) is 11.0. The Labute approximate surface area is 228 Å². The van der Waals surface area contributed by atoms with E-state index < -0.39 is 10.0 Å². The fraction of sp³-hybridized carbons (Fsp3) is 0.296. The van der Waals surface area contributed by atoms with E-state index in [1.807, 2.05) is 49.4 Å². The van der Waals surface area contributed by atoms with Crippen LogP contribution in [0.25, 0.3) is 22.0 Å². The molecule has 0 spiro atoms. The third kappa shape index (κ3) is 6.15. The van der Waals surface area contributed by atoms with Gasteiger partial charge in [-0.05, 0) is 63.1 Å². The van der Waals surface area contributed by atoms with Gasteiger partial charge < -0.3 is 15.4 Å². The molecule has 1 saturated heterocycles. The molecular formula is C27H31ClN6O3S. The summed E-state index contributed by atoms with van der Waals surface area (Å²) in [4.78, 5) is 13.7. The minimum absolute atomic E-state index is 0. The second kappa shape index (κ2) is 11.9. The number of hydrogen-bond donors (Lipinski definition) is 3. The second-order valence-electron chi connectivity index (χ2n) is 9.03. The summed E-state index contributed by atoms with van der Waals surface area (Å²) in [7, 11) is -3.43. The van der Waals surface area contributed by atoms with E-state index in [-0.39, 0.29) is 24.2 Å². The zero-order valence-electron chi connectivity index (χ0n) is 21.3.